The molecule has 2 aromatic carbocycles. The van der Waals surface area contributed by atoms with Gasteiger partial charge in [-0.1, -0.05) is 35.9 Å². The summed E-state index contributed by atoms with van der Waals surface area (Å²) < 4.78 is 3.56. The Balaban J connectivity index is 1.58. The van der Waals surface area contributed by atoms with Gasteiger partial charge in [-0.2, -0.15) is 10.2 Å². The van der Waals surface area contributed by atoms with Gasteiger partial charge in [-0.3, -0.25) is 4.79 Å². The molecule has 0 aliphatic rings. The third-order valence-electron chi connectivity index (χ3n) is 4.93. The van der Waals surface area contributed by atoms with Crippen LogP contribution in [0.15, 0.2) is 60.7 Å². The van der Waals surface area contributed by atoms with E-state index in [0.29, 0.717) is 10.8 Å². The SMILES string of the molecule is Cc1cc(NC(=O)Cc2c(C)nn(-c3ccccc3)c2C)n(-c2cccc(Cl)c2)n1. The molecule has 4 rings (SSSR count). The lowest BCUT2D eigenvalue weighted by atomic mass is 10.1. The number of halogens is 1. The zero-order valence-electron chi connectivity index (χ0n) is 17.1. The zero-order chi connectivity index (χ0) is 21.3. The first kappa shape index (κ1) is 19.9. The number of aryl methyl sites for hydroxylation is 2. The maximum Gasteiger partial charge on any atom is 0.230 e. The number of aromatic nitrogens is 4. The van der Waals surface area contributed by atoms with Crippen LogP contribution in [0.1, 0.15) is 22.6 Å². The molecular weight excluding hydrogens is 398 g/mol. The van der Waals surface area contributed by atoms with Gasteiger partial charge in [0.25, 0.3) is 0 Å². The minimum absolute atomic E-state index is 0.128. The summed E-state index contributed by atoms with van der Waals surface area (Å²) >= 11 is 6.12. The molecule has 152 valence electrons. The number of anilines is 1. The second-order valence-corrected chi connectivity index (χ2v) is 7.62. The number of rotatable bonds is 5. The van der Waals surface area contributed by atoms with Gasteiger partial charge in [0.2, 0.25) is 5.91 Å². The molecule has 30 heavy (non-hydrogen) atoms. The highest BCUT2D eigenvalue weighted by Gasteiger charge is 2.18. The van der Waals surface area contributed by atoms with E-state index in [0.717, 1.165) is 34.0 Å². The summed E-state index contributed by atoms with van der Waals surface area (Å²) in [5.41, 5.74) is 5.27. The molecule has 0 aliphatic carbocycles. The first-order valence-electron chi connectivity index (χ1n) is 9.65. The highest BCUT2D eigenvalue weighted by molar-refractivity contribution is 6.30. The molecule has 7 heteroatoms. The molecule has 0 saturated carbocycles. The van der Waals surface area contributed by atoms with Crippen LogP contribution >= 0.6 is 11.6 Å². The van der Waals surface area contributed by atoms with E-state index in [1.807, 2.05) is 80.1 Å². The van der Waals surface area contributed by atoms with Gasteiger partial charge in [0, 0.05) is 22.3 Å². The number of benzene rings is 2. The summed E-state index contributed by atoms with van der Waals surface area (Å²) in [6.45, 7) is 5.79. The fourth-order valence-electron chi connectivity index (χ4n) is 3.49. The minimum atomic E-state index is -0.128. The monoisotopic (exact) mass is 419 g/mol. The van der Waals surface area contributed by atoms with Gasteiger partial charge in [-0.05, 0) is 51.1 Å². The molecule has 0 fully saturated rings. The van der Waals surface area contributed by atoms with E-state index < -0.39 is 0 Å². The van der Waals surface area contributed by atoms with E-state index in [9.17, 15) is 4.79 Å². The highest BCUT2D eigenvalue weighted by atomic mass is 35.5. The summed E-state index contributed by atoms with van der Waals surface area (Å²) in [7, 11) is 0. The van der Waals surface area contributed by atoms with Crippen LogP contribution in [0.2, 0.25) is 5.02 Å². The Morgan fingerprint density at radius 3 is 2.40 bits per heavy atom. The molecule has 0 aliphatic heterocycles. The van der Waals surface area contributed by atoms with Crippen LogP contribution < -0.4 is 5.32 Å². The van der Waals surface area contributed by atoms with Gasteiger partial charge < -0.3 is 5.32 Å². The number of amides is 1. The number of carbonyl (C=O) groups is 1. The molecule has 2 heterocycles. The molecule has 0 unspecified atom stereocenters. The number of nitrogens with one attached hydrogen (secondary N) is 1. The Labute approximate surface area is 180 Å². The van der Waals surface area contributed by atoms with Gasteiger partial charge in [-0.15, -0.1) is 0 Å². The molecule has 0 spiro atoms. The quantitative estimate of drug-likeness (QED) is 0.504. The number of hydrogen-bond acceptors (Lipinski definition) is 3. The van der Waals surface area contributed by atoms with Crippen LogP contribution in [-0.2, 0) is 11.2 Å². The summed E-state index contributed by atoms with van der Waals surface area (Å²) in [4.78, 5) is 12.9. The minimum Gasteiger partial charge on any atom is -0.310 e. The first-order chi connectivity index (χ1) is 14.4. The molecule has 0 radical (unpaired) electrons. The normalized spacial score (nSPS) is 10.9. The topological polar surface area (TPSA) is 64.7 Å². The van der Waals surface area contributed by atoms with Crippen LogP contribution in [0, 0.1) is 20.8 Å². The summed E-state index contributed by atoms with van der Waals surface area (Å²) in [5.74, 6) is 0.475. The third kappa shape index (κ3) is 4.00. The average molecular weight is 420 g/mol. The Morgan fingerprint density at radius 1 is 0.933 bits per heavy atom. The largest absolute Gasteiger partial charge is 0.310 e. The lowest BCUT2D eigenvalue weighted by molar-refractivity contribution is -0.115. The van der Waals surface area contributed by atoms with Gasteiger partial charge in [0.1, 0.15) is 5.82 Å². The molecule has 0 bridgehead atoms. The average Bonchev–Trinajstić information content (AvgIpc) is 3.22. The molecule has 1 N–H and O–H groups in total. The highest BCUT2D eigenvalue weighted by Crippen LogP contribution is 2.22. The summed E-state index contributed by atoms with van der Waals surface area (Å²) in [6, 6.07) is 19.1. The van der Waals surface area contributed by atoms with E-state index >= 15 is 0 Å². The second-order valence-electron chi connectivity index (χ2n) is 7.18. The van der Waals surface area contributed by atoms with Crippen LogP contribution in [-0.4, -0.2) is 25.5 Å². The maximum absolute atomic E-state index is 12.9. The van der Waals surface area contributed by atoms with Crippen LogP contribution in [0.3, 0.4) is 0 Å². The van der Waals surface area contributed by atoms with Gasteiger partial charge in [0.15, 0.2) is 0 Å². The summed E-state index contributed by atoms with van der Waals surface area (Å²) in [6.07, 6.45) is 0.226. The van der Waals surface area contributed by atoms with Crippen LogP contribution in [0.25, 0.3) is 11.4 Å². The van der Waals surface area contributed by atoms with Gasteiger partial charge in [0.05, 0.1) is 29.2 Å². The second kappa shape index (κ2) is 8.16. The van der Waals surface area contributed by atoms with Crippen molar-refractivity contribution in [3.8, 4) is 11.4 Å². The first-order valence-corrected chi connectivity index (χ1v) is 10.0. The van der Waals surface area contributed by atoms with E-state index in [-0.39, 0.29) is 12.3 Å². The smallest absolute Gasteiger partial charge is 0.230 e. The Kier molecular flexibility index (Phi) is 5.42. The number of para-hydroxylation sites is 1. The predicted octanol–water partition coefficient (Wildman–Crippen LogP) is 4.82. The van der Waals surface area contributed by atoms with Crippen molar-refractivity contribution in [2.24, 2.45) is 0 Å². The number of hydrogen-bond donors (Lipinski definition) is 1. The van der Waals surface area contributed by atoms with E-state index in [2.05, 4.69) is 15.5 Å². The van der Waals surface area contributed by atoms with Crippen molar-refractivity contribution in [3.63, 3.8) is 0 Å². The van der Waals surface area contributed by atoms with Crippen molar-refractivity contribution >= 4 is 23.3 Å². The van der Waals surface area contributed by atoms with Crippen molar-refractivity contribution in [1.29, 1.82) is 0 Å². The lowest BCUT2D eigenvalue weighted by Gasteiger charge is -2.10. The van der Waals surface area contributed by atoms with Crippen molar-refractivity contribution in [1.82, 2.24) is 19.6 Å². The van der Waals surface area contributed by atoms with E-state index in [1.165, 1.54) is 0 Å². The fourth-order valence-corrected chi connectivity index (χ4v) is 3.68. The fraction of sp³-hybridized carbons (Fsp3) is 0.174. The molecular formula is C23H22ClN5O. The molecule has 0 saturated heterocycles. The molecule has 1 amide bonds. The van der Waals surface area contributed by atoms with Crippen molar-refractivity contribution in [2.45, 2.75) is 27.2 Å². The Morgan fingerprint density at radius 2 is 1.67 bits per heavy atom. The van der Waals surface area contributed by atoms with Gasteiger partial charge >= 0.3 is 0 Å². The summed E-state index contributed by atoms with van der Waals surface area (Å²) in [5, 5.41) is 12.7. The predicted molar refractivity (Wildman–Crippen MR) is 119 cm³/mol. The molecule has 2 aromatic heterocycles. The maximum atomic E-state index is 12.9. The van der Waals surface area contributed by atoms with Crippen molar-refractivity contribution in [2.75, 3.05) is 5.32 Å². The lowest BCUT2D eigenvalue weighted by Crippen LogP contribution is -2.18. The zero-order valence-corrected chi connectivity index (χ0v) is 17.8. The Bertz CT molecular complexity index is 1210. The van der Waals surface area contributed by atoms with Crippen LogP contribution in [0.4, 0.5) is 5.82 Å². The van der Waals surface area contributed by atoms with Crippen molar-refractivity contribution in [3.05, 3.63) is 88.3 Å². The number of nitrogens with zero attached hydrogens (tertiary/aromatic N) is 4. The number of carbonyl (C=O) groups excluding carboxylic acids is 1. The Hall–Kier alpha value is -3.38. The third-order valence-corrected chi connectivity index (χ3v) is 5.17. The molecule has 6 nitrogen and oxygen atoms in total. The molecule has 0 atom stereocenters. The van der Waals surface area contributed by atoms with Crippen LogP contribution in [0.5, 0.6) is 0 Å². The van der Waals surface area contributed by atoms with Crippen molar-refractivity contribution < 1.29 is 4.79 Å². The van der Waals surface area contributed by atoms with Gasteiger partial charge in [-0.25, -0.2) is 9.36 Å². The van der Waals surface area contributed by atoms with E-state index in [1.54, 1.807) is 10.7 Å². The van der Waals surface area contributed by atoms with E-state index in [4.69, 9.17) is 11.6 Å². The standard InChI is InChI=1S/C23H22ClN5O/c1-15-12-22(29(26-15)20-11-7-8-18(24)13-20)25-23(30)14-21-16(2)27-28(17(21)3)19-9-5-4-6-10-19/h4-13H,14H2,1-3H3,(H,25,30). The molecule has 4 aromatic rings.